The van der Waals surface area contributed by atoms with Crippen molar-refractivity contribution in [3.8, 4) is 6.07 Å². The highest BCUT2D eigenvalue weighted by Gasteiger charge is 2.40. The monoisotopic (exact) mass is 408 g/mol. The molecule has 2 aromatic carbocycles. The summed E-state index contributed by atoms with van der Waals surface area (Å²) in [4.78, 5) is 37.2. The van der Waals surface area contributed by atoms with Crippen molar-refractivity contribution >= 4 is 35.0 Å². The van der Waals surface area contributed by atoms with E-state index in [2.05, 4.69) is 5.32 Å². The number of nitriles is 1. The Kier molecular flexibility index (Phi) is 5.95. The van der Waals surface area contributed by atoms with Gasteiger partial charge in [0.15, 0.2) is 0 Å². The lowest BCUT2D eigenvalue weighted by Crippen LogP contribution is -2.31. The number of hydrogen-bond acceptors (Lipinski definition) is 6. The van der Waals surface area contributed by atoms with Crippen LogP contribution in [0.25, 0.3) is 0 Å². The Morgan fingerprint density at radius 1 is 1.28 bits per heavy atom. The summed E-state index contributed by atoms with van der Waals surface area (Å²) in [5.41, 5.74) is 0.948. The molecule has 3 rings (SSSR count). The van der Waals surface area contributed by atoms with Crippen LogP contribution in [0.2, 0.25) is 0 Å². The molecule has 0 saturated carbocycles. The number of non-ortho nitro benzene ring substituents is 1. The van der Waals surface area contributed by atoms with Gasteiger partial charge < -0.3 is 5.32 Å². The van der Waals surface area contributed by atoms with Crippen molar-refractivity contribution < 1.29 is 14.5 Å². The van der Waals surface area contributed by atoms with E-state index in [9.17, 15) is 25.0 Å². The van der Waals surface area contributed by atoms with Crippen LogP contribution < -0.4 is 10.2 Å². The van der Waals surface area contributed by atoms with Gasteiger partial charge in [0.05, 0.1) is 10.2 Å². The lowest BCUT2D eigenvalue weighted by atomic mass is 10.1. The van der Waals surface area contributed by atoms with E-state index in [0.29, 0.717) is 11.3 Å². The van der Waals surface area contributed by atoms with Gasteiger partial charge in [-0.15, -0.1) is 0 Å². The number of nitrogens with zero attached hydrogens (tertiary/aromatic N) is 3. The molecule has 9 heteroatoms. The van der Waals surface area contributed by atoms with Crippen molar-refractivity contribution in [1.82, 2.24) is 5.32 Å². The van der Waals surface area contributed by atoms with Gasteiger partial charge in [-0.25, -0.2) is 0 Å². The van der Waals surface area contributed by atoms with Crippen LogP contribution in [0.5, 0.6) is 0 Å². The van der Waals surface area contributed by atoms with Crippen LogP contribution in [0, 0.1) is 21.4 Å². The third-order valence-corrected chi connectivity index (χ3v) is 5.55. The second kappa shape index (κ2) is 8.58. The third-order valence-electron chi connectivity index (χ3n) is 4.29. The molecule has 0 radical (unpaired) electrons. The molecule has 0 aliphatic carbocycles. The molecule has 1 heterocycles. The number of nitrogens with one attached hydrogen (secondary N) is 1. The van der Waals surface area contributed by atoms with E-state index in [1.165, 1.54) is 24.1 Å². The molecule has 1 fully saturated rings. The van der Waals surface area contributed by atoms with Crippen LogP contribution in [0.1, 0.15) is 5.56 Å². The summed E-state index contributed by atoms with van der Waals surface area (Å²) in [7, 11) is 1.41. The maximum atomic E-state index is 13.2. The van der Waals surface area contributed by atoms with Crippen molar-refractivity contribution in [2.75, 3.05) is 11.9 Å². The van der Waals surface area contributed by atoms with Crippen molar-refractivity contribution in [2.24, 2.45) is 0 Å². The minimum Gasteiger partial charge on any atom is -0.354 e. The molecule has 0 aromatic heterocycles. The second-order valence-electron chi connectivity index (χ2n) is 6.12. The summed E-state index contributed by atoms with van der Waals surface area (Å²) in [6.07, 6.45) is 0.227. The van der Waals surface area contributed by atoms with E-state index in [4.69, 9.17) is 0 Å². The quantitative estimate of drug-likeness (QED) is 0.352. The van der Waals surface area contributed by atoms with Gasteiger partial charge in [-0.05, 0) is 24.1 Å². The molecule has 0 bridgehead atoms. The number of benzene rings is 2. The summed E-state index contributed by atoms with van der Waals surface area (Å²) in [6, 6.07) is 16.7. The van der Waals surface area contributed by atoms with Gasteiger partial charge in [0.25, 0.3) is 11.6 Å². The lowest BCUT2D eigenvalue weighted by molar-refractivity contribution is -0.384. The van der Waals surface area contributed by atoms with Gasteiger partial charge in [0.1, 0.15) is 16.7 Å². The summed E-state index contributed by atoms with van der Waals surface area (Å²) >= 11 is 1.11. The first-order valence-corrected chi connectivity index (χ1v) is 9.49. The number of likely N-dealkylation sites (N-methyl/N-ethyl adjacent to an activating group) is 1. The summed E-state index contributed by atoms with van der Waals surface area (Å²) in [5, 5.41) is 22.6. The van der Waals surface area contributed by atoms with Crippen LogP contribution in [0.15, 0.2) is 65.2 Å². The fourth-order valence-electron chi connectivity index (χ4n) is 2.93. The molecule has 1 atom stereocenters. The van der Waals surface area contributed by atoms with E-state index in [-0.39, 0.29) is 28.6 Å². The molecule has 1 saturated heterocycles. The topological polar surface area (TPSA) is 116 Å². The molecule has 1 aliphatic rings. The van der Waals surface area contributed by atoms with Crippen molar-refractivity contribution in [3.63, 3.8) is 0 Å². The Morgan fingerprint density at radius 2 is 2.00 bits per heavy atom. The van der Waals surface area contributed by atoms with Gasteiger partial charge in [-0.2, -0.15) is 5.26 Å². The van der Waals surface area contributed by atoms with E-state index in [1.54, 1.807) is 42.5 Å². The van der Waals surface area contributed by atoms with E-state index in [1.807, 2.05) is 6.07 Å². The first kappa shape index (κ1) is 20.1. The van der Waals surface area contributed by atoms with Gasteiger partial charge in [-0.3, -0.25) is 24.6 Å². The van der Waals surface area contributed by atoms with Crippen LogP contribution in [-0.2, 0) is 16.0 Å². The van der Waals surface area contributed by atoms with Gasteiger partial charge in [0.2, 0.25) is 5.91 Å². The maximum Gasteiger partial charge on any atom is 0.269 e. The number of carbonyl (C=O) groups excluding carboxylic acids is 2. The van der Waals surface area contributed by atoms with E-state index >= 15 is 0 Å². The fraction of sp³-hybridized carbons (Fsp3) is 0.150. The Bertz CT molecular complexity index is 1050. The number of carbonyl (C=O) groups is 2. The average molecular weight is 408 g/mol. The fourth-order valence-corrected chi connectivity index (χ4v) is 4.24. The Balaban J connectivity index is 2.02. The Morgan fingerprint density at radius 3 is 2.62 bits per heavy atom. The number of nitro groups is 1. The lowest BCUT2D eigenvalue weighted by Gasteiger charge is -2.18. The molecule has 0 unspecified atom stereocenters. The SMILES string of the molecule is CNC(=O)/C(C#N)=C1\S[C@H](Cc2cccc([N+](=O)[O-])c2)C(=O)N1c1ccccc1. The second-order valence-corrected chi connectivity index (χ2v) is 7.31. The third kappa shape index (κ3) is 4.12. The van der Waals surface area contributed by atoms with Crippen molar-refractivity contribution in [3.05, 3.63) is 80.9 Å². The molecule has 1 aliphatic heterocycles. The first-order chi connectivity index (χ1) is 14.0. The number of rotatable bonds is 5. The molecular weight excluding hydrogens is 392 g/mol. The van der Waals surface area contributed by atoms with Crippen molar-refractivity contribution in [1.29, 1.82) is 5.26 Å². The normalized spacial score (nSPS) is 17.6. The molecule has 2 amide bonds. The van der Waals surface area contributed by atoms with Gasteiger partial charge in [-0.1, -0.05) is 42.1 Å². The minimum atomic E-state index is -0.625. The van der Waals surface area contributed by atoms with Gasteiger partial charge in [0, 0.05) is 24.9 Å². The van der Waals surface area contributed by atoms with Gasteiger partial charge >= 0.3 is 0 Å². The summed E-state index contributed by atoms with van der Waals surface area (Å²) in [6.45, 7) is 0. The summed E-state index contributed by atoms with van der Waals surface area (Å²) in [5.74, 6) is -0.876. The number of para-hydroxylation sites is 1. The van der Waals surface area contributed by atoms with Crippen molar-refractivity contribution in [2.45, 2.75) is 11.7 Å². The number of nitro benzene ring substituents is 1. The first-order valence-electron chi connectivity index (χ1n) is 8.61. The summed E-state index contributed by atoms with van der Waals surface area (Å²) < 4.78 is 0. The van der Waals surface area contributed by atoms with E-state index < -0.39 is 16.1 Å². The smallest absolute Gasteiger partial charge is 0.269 e. The molecule has 8 nitrogen and oxygen atoms in total. The van der Waals surface area contributed by atoms with Crippen LogP contribution in [0.3, 0.4) is 0 Å². The highest BCUT2D eigenvalue weighted by Crippen LogP contribution is 2.41. The molecular formula is C20H16N4O4S. The predicted octanol–water partition coefficient (Wildman–Crippen LogP) is 2.77. The molecule has 1 N–H and O–H groups in total. The molecule has 146 valence electrons. The number of amides is 2. The Hall–Kier alpha value is -3.64. The number of anilines is 1. The predicted molar refractivity (Wildman–Crippen MR) is 109 cm³/mol. The zero-order chi connectivity index (χ0) is 21.0. The average Bonchev–Trinajstić information content (AvgIpc) is 3.05. The van der Waals surface area contributed by atoms with Crippen LogP contribution in [-0.4, -0.2) is 29.0 Å². The standard InChI is InChI=1S/C20H16N4O4S/c1-22-18(25)16(12-21)20-23(14-7-3-2-4-8-14)19(26)17(29-20)11-13-6-5-9-15(10-13)24(27)28/h2-10,17H,11H2,1H3,(H,22,25)/b20-16-/t17-/m1/s1. The maximum absolute atomic E-state index is 13.2. The minimum absolute atomic E-state index is 0.0586. The van der Waals surface area contributed by atoms with Crippen LogP contribution >= 0.6 is 11.8 Å². The zero-order valence-corrected chi connectivity index (χ0v) is 16.2. The highest BCUT2D eigenvalue weighted by atomic mass is 32.2. The Labute approximate surface area is 171 Å². The number of hydrogen-bond donors (Lipinski definition) is 1. The molecule has 2 aromatic rings. The number of thioether (sulfide) groups is 1. The molecule has 0 spiro atoms. The molecule has 29 heavy (non-hydrogen) atoms. The zero-order valence-electron chi connectivity index (χ0n) is 15.4. The van der Waals surface area contributed by atoms with Crippen LogP contribution in [0.4, 0.5) is 11.4 Å². The van der Waals surface area contributed by atoms with E-state index in [0.717, 1.165) is 11.8 Å². The highest BCUT2D eigenvalue weighted by molar-refractivity contribution is 8.05. The largest absolute Gasteiger partial charge is 0.354 e.